The van der Waals surface area contributed by atoms with Crippen LogP contribution in [0.5, 0.6) is 0 Å². The van der Waals surface area contributed by atoms with E-state index in [1.54, 1.807) is 12.1 Å². The van der Waals surface area contributed by atoms with E-state index in [1.807, 2.05) is 19.1 Å². The first kappa shape index (κ1) is 12.6. The van der Waals surface area contributed by atoms with Crippen LogP contribution in [-0.2, 0) is 0 Å². The number of rotatable bonds is 3. The molecule has 3 rings (SSSR count). The molecule has 96 valence electrons. The van der Waals surface area contributed by atoms with E-state index in [9.17, 15) is 0 Å². The molecule has 0 aliphatic rings. The minimum absolute atomic E-state index is 0.436. The Labute approximate surface area is 122 Å². The van der Waals surface area contributed by atoms with E-state index in [1.165, 1.54) is 23.3 Å². The largest absolute Gasteiger partial charge is 0.411 e. The molecule has 3 aromatic rings. The zero-order chi connectivity index (χ0) is 13.2. The summed E-state index contributed by atoms with van der Waals surface area (Å²) in [7, 11) is 0. The fourth-order valence-electron chi connectivity index (χ4n) is 1.38. The molecule has 1 aromatic carbocycles. The molecule has 0 N–H and O–H groups in total. The van der Waals surface area contributed by atoms with Gasteiger partial charge in [0.15, 0.2) is 4.34 Å². The Kier molecular flexibility index (Phi) is 3.50. The molecule has 0 saturated carbocycles. The summed E-state index contributed by atoms with van der Waals surface area (Å²) in [6, 6.07) is 7.27. The Morgan fingerprint density at radius 2 is 2.21 bits per heavy atom. The second-order valence-electron chi connectivity index (χ2n) is 3.59. The first-order valence-corrected chi connectivity index (χ1v) is 7.25. The zero-order valence-corrected chi connectivity index (χ0v) is 12.1. The van der Waals surface area contributed by atoms with Gasteiger partial charge >= 0.3 is 0 Å². The monoisotopic (exact) mass is 310 g/mol. The Bertz CT molecular complexity index is 712. The summed E-state index contributed by atoms with van der Waals surface area (Å²) in [6.45, 7) is 1.84. The molecule has 2 aromatic heterocycles. The molecule has 0 saturated heterocycles. The van der Waals surface area contributed by atoms with Crippen LogP contribution in [0, 0.1) is 6.92 Å². The average molecular weight is 311 g/mol. The lowest BCUT2D eigenvalue weighted by Gasteiger charge is -1.94. The van der Waals surface area contributed by atoms with Gasteiger partial charge in [0.05, 0.1) is 0 Å². The van der Waals surface area contributed by atoms with Gasteiger partial charge in [-0.1, -0.05) is 17.7 Å². The third-order valence-corrected chi connectivity index (χ3v) is 4.08. The van der Waals surface area contributed by atoms with Crippen molar-refractivity contribution in [3.05, 3.63) is 35.1 Å². The molecule has 0 aliphatic heterocycles. The molecule has 0 spiro atoms. The summed E-state index contributed by atoms with van der Waals surface area (Å²) in [6.07, 6.45) is 0. The number of hydrogen-bond donors (Lipinski definition) is 0. The van der Waals surface area contributed by atoms with E-state index in [0.29, 0.717) is 16.1 Å². The third-order valence-electron chi connectivity index (χ3n) is 2.16. The second kappa shape index (κ2) is 5.28. The maximum Gasteiger partial charge on any atom is 0.284 e. The fourth-order valence-corrected chi connectivity index (χ4v) is 3.00. The van der Waals surface area contributed by atoms with Crippen molar-refractivity contribution in [1.82, 2.24) is 19.6 Å². The van der Waals surface area contributed by atoms with Crippen LogP contribution in [0.15, 0.2) is 38.2 Å². The van der Waals surface area contributed by atoms with Crippen LogP contribution in [0.4, 0.5) is 0 Å². The van der Waals surface area contributed by atoms with Gasteiger partial charge in [-0.15, -0.1) is 10.2 Å². The summed E-state index contributed by atoms with van der Waals surface area (Å²) in [5.74, 6) is 1.17. The highest BCUT2D eigenvalue weighted by molar-refractivity contribution is 8.00. The summed E-state index contributed by atoms with van der Waals surface area (Å²) in [5.41, 5.74) is 0.792. The smallest absolute Gasteiger partial charge is 0.284 e. The minimum Gasteiger partial charge on any atom is -0.411 e. The molecule has 5 nitrogen and oxygen atoms in total. The maximum atomic E-state index is 5.92. The van der Waals surface area contributed by atoms with E-state index in [2.05, 4.69) is 19.6 Å². The molecule has 0 bridgehead atoms. The topological polar surface area (TPSA) is 64.7 Å². The molecule has 0 unspecified atom stereocenters. The number of aromatic nitrogens is 4. The first-order valence-electron chi connectivity index (χ1n) is 5.28. The zero-order valence-electron chi connectivity index (χ0n) is 9.70. The van der Waals surface area contributed by atoms with Crippen molar-refractivity contribution in [1.29, 1.82) is 0 Å². The van der Waals surface area contributed by atoms with Crippen molar-refractivity contribution in [2.24, 2.45) is 0 Å². The van der Waals surface area contributed by atoms with Gasteiger partial charge in [-0.25, -0.2) is 4.98 Å². The standard InChI is InChI=1S/C11H7ClN4OS2/c1-6-13-11(19-16-6)18-10-15-14-9(17-10)7-3-2-4-8(12)5-7/h2-5H,1H3. The van der Waals surface area contributed by atoms with Crippen molar-refractivity contribution >= 4 is 34.9 Å². The van der Waals surface area contributed by atoms with Crippen LogP contribution in [-0.4, -0.2) is 19.6 Å². The van der Waals surface area contributed by atoms with Crippen molar-refractivity contribution in [3.63, 3.8) is 0 Å². The van der Waals surface area contributed by atoms with E-state index < -0.39 is 0 Å². The number of aryl methyl sites for hydroxylation is 1. The van der Waals surface area contributed by atoms with Crippen molar-refractivity contribution in [3.8, 4) is 11.5 Å². The van der Waals surface area contributed by atoms with Gasteiger partial charge in [-0.3, -0.25) is 0 Å². The lowest BCUT2D eigenvalue weighted by atomic mass is 10.2. The normalized spacial score (nSPS) is 10.8. The second-order valence-corrected chi connectivity index (χ2v) is 5.98. The van der Waals surface area contributed by atoms with E-state index in [0.717, 1.165) is 15.7 Å². The number of hydrogen-bond acceptors (Lipinski definition) is 7. The summed E-state index contributed by atoms with van der Waals surface area (Å²) in [5, 5.41) is 9.03. The molecule has 8 heteroatoms. The third kappa shape index (κ3) is 2.94. The Morgan fingerprint density at radius 1 is 1.32 bits per heavy atom. The highest BCUT2D eigenvalue weighted by Crippen LogP contribution is 2.30. The molecule has 2 heterocycles. The summed E-state index contributed by atoms with van der Waals surface area (Å²) in [4.78, 5) is 4.22. The van der Waals surface area contributed by atoms with Crippen LogP contribution >= 0.6 is 34.9 Å². The van der Waals surface area contributed by atoms with Crippen LogP contribution in [0.3, 0.4) is 0 Å². The predicted molar refractivity (Wildman–Crippen MR) is 73.5 cm³/mol. The van der Waals surface area contributed by atoms with Crippen LogP contribution in [0.25, 0.3) is 11.5 Å². The molecule has 19 heavy (non-hydrogen) atoms. The minimum atomic E-state index is 0.436. The van der Waals surface area contributed by atoms with Gasteiger partial charge in [-0.2, -0.15) is 4.37 Å². The van der Waals surface area contributed by atoms with Crippen LogP contribution in [0.2, 0.25) is 5.02 Å². The average Bonchev–Trinajstić information content (AvgIpc) is 2.99. The Hall–Kier alpha value is -1.44. The highest BCUT2D eigenvalue weighted by Gasteiger charge is 2.12. The molecule has 0 amide bonds. The lowest BCUT2D eigenvalue weighted by Crippen LogP contribution is -1.76. The molecule has 0 fully saturated rings. The Balaban J connectivity index is 1.83. The van der Waals surface area contributed by atoms with Gasteiger partial charge < -0.3 is 4.42 Å². The molecule has 0 atom stereocenters. The fraction of sp³-hybridized carbons (Fsp3) is 0.0909. The quantitative estimate of drug-likeness (QED) is 0.735. The molecular weight excluding hydrogens is 304 g/mol. The van der Waals surface area contributed by atoms with Crippen LogP contribution in [0.1, 0.15) is 5.82 Å². The number of halogens is 1. The summed E-state index contributed by atoms with van der Waals surface area (Å²) < 4.78 is 10.4. The van der Waals surface area contributed by atoms with E-state index in [4.69, 9.17) is 16.0 Å². The lowest BCUT2D eigenvalue weighted by molar-refractivity contribution is 0.466. The Morgan fingerprint density at radius 3 is 2.95 bits per heavy atom. The molecule has 0 radical (unpaired) electrons. The van der Waals surface area contributed by atoms with Crippen molar-refractivity contribution in [2.45, 2.75) is 16.5 Å². The van der Waals surface area contributed by atoms with E-state index >= 15 is 0 Å². The first-order chi connectivity index (χ1) is 9.20. The van der Waals surface area contributed by atoms with Crippen molar-refractivity contribution in [2.75, 3.05) is 0 Å². The molecule has 0 aliphatic carbocycles. The SMILES string of the molecule is Cc1nsc(Sc2nnc(-c3cccc(Cl)c3)o2)n1. The van der Waals surface area contributed by atoms with Gasteiger partial charge in [0.1, 0.15) is 5.82 Å². The number of nitrogens with zero attached hydrogens (tertiary/aromatic N) is 4. The van der Waals surface area contributed by atoms with Gasteiger partial charge in [0.25, 0.3) is 5.22 Å². The van der Waals surface area contributed by atoms with Gasteiger partial charge in [0, 0.05) is 22.3 Å². The highest BCUT2D eigenvalue weighted by atomic mass is 35.5. The summed E-state index contributed by atoms with van der Waals surface area (Å²) >= 11 is 8.53. The van der Waals surface area contributed by atoms with Gasteiger partial charge in [-0.05, 0) is 36.7 Å². The van der Waals surface area contributed by atoms with Crippen molar-refractivity contribution < 1.29 is 4.42 Å². The van der Waals surface area contributed by atoms with Crippen LogP contribution < -0.4 is 0 Å². The van der Waals surface area contributed by atoms with E-state index in [-0.39, 0.29) is 0 Å². The molecular formula is C11H7ClN4OS2. The number of benzene rings is 1. The maximum absolute atomic E-state index is 5.92. The predicted octanol–water partition coefficient (Wildman–Crippen LogP) is 3.70. The van der Waals surface area contributed by atoms with Gasteiger partial charge in [0.2, 0.25) is 5.89 Å².